The van der Waals surface area contributed by atoms with E-state index in [1.807, 2.05) is 0 Å². The molecular weight excluding hydrogens is 297 g/mol. The average molecular weight is 312 g/mol. The summed E-state index contributed by atoms with van der Waals surface area (Å²) >= 11 is 5.84. The van der Waals surface area contributed by atoms with E-state index in [4.69, 9.17) is 11.6 Å². The molecule has 0 unspecified atom stereocenters. The summed E-state index contributed by atoms with van der Waals surface area (Å²) in [6, 6.07) is 3.63. The molecule has 1 aromatic rings. The minimum Gasteiger partial charge on any atom is -0.323 e. The first-order valence-corrected chi connectivity index (χ1v) is 7.18. The molecule has 2 aliphatic rings. The third-order valence-corrected chi connectivity index (χ3v) is 4.27. The Morgan fingerprint density at radius 1 is 1.29 bits per heavy atom. The number of halogens is 2. The molecule has 2 N–H and O–H groups in total. The Labute approximate surface area is 126 Å². The molecule has 2 aliphatic heterocycles. The Morgan fingerprint density at radius 3 is 2.71 bits per heavy atom. The highest BCUT2D eigenvalue weighted by Gasteiger charge is 2.51. The summed E-state index contributed by atoms with van der Waals surface area (Å²) in [6.07, 6.45) is 1.10. The monoisotopic (exact) mass is 311 g/mol. The lowest BCUT2D eigenvalue weighted by Crippen LogP contribution is -2.53. The van der Waals surface area contributed by atoms with Gasteiger partial charge in [0.05, 0.1) is 6.54 Å². The van der Waals surface area contributed by atoms with Crippen LogP contribution in [0.5, 0.6) is 0 Å². The smallest absolute Gasteiger partial charge is 0.323 e. The van der Waals surface area contributed by atoms with Crippen molar-refractivity contribution < 1.29 is 14.0 Å². The van der Waals surface area contributed by atoms with Gasteiger partial charge in [-0.1, -0.05) is 11.6 Å². The number of benzene rings is 1. The maximum absolute atomic E-state index is 13.8. The molecule has 112 valence electrons. The predicted molar refractivity (Wildman–Crippen MR) is 75.3 cm³/mol. The van der Waals surface area contributed by atoms with Crippen LogP contribution in [0.2, 0.25) is 5.02 Å². The molecule has 2 saturated heterocycles. The highest BCUT2D eigenvalue weighted by atomic mass is 35.5. The van der Waals surface area contributed by atoms with Crippen molar-refractivity contribution in [3.63, 3.8) is 0 Å². The first kappa shape index (κ1) is 14.3. The maximum atomic E-state index is 13.8. The molecule has 7 heteroatoms. The molecule has 0 aliphatic carbocycles. The molecule has 2 heterocycles. The second-order valence-electron chi connectivity index (χ2n) is 5.39. The number of urea groups is 1. The molecule has 0 bridgehead atoms. The molecule has 0 radical (unpaired) electrons. The van der Waals surface area contributed by atoms with E-state index in [1.54, 1.807) is 0 Å². The fourth-order valence-electron chi connectivity index (χ4n) is 2.85. The third kappa shape index (κ3) is 2.49. The maximum Gasteiger partial charge on any atom is 0.325 e. The molecule has 1 aromatic carbocycles. The summed E-state index contributed by atoms with van der Waals surface area (Å²) in [5, 5.41) is 6.29. The van der Waals surface area contributed by atoms with Crippen LogP contribution in [0.25, 0.3) is 0 Å². The minimum absolute atomic E-state index is 0.105. The number of carbonyl (C=O) groups excluding carboxylic acids is 2. The van der Waals surface area contributed by atoms with Crippen molar-refractivity contribution in [1.82, 2.24) is 15.5 Å². The van der Waals surface area contributed by atoms with Crippen molar-refractivity contribution in [3.8, 4) is 0 Å². The van der Waals surface area contributed by atoms with Gasteiger partial charge in [0.15, 0.2) is 0 Å². The second-order valence-corrected chi connectivity index (χ2v) is 5.83. The van der Waals surface area contributed by atoms with E-state index in [9.17, 15) is 14.0 Å². The van der Waals surface area contributed by atoms with Crippen molar-refractivity contribution in [3.05, 3.63) is 34.6 Å². The van der Waals surface area contributed by atoms with E-state index in [0.717, 1.165) is 4.90 Å². The Balaban J connectivity index is 1.84. The Morgan fingerprint density at radius 2 is 2.00 bits per heavy atom. The molecular formula is C14H15ClFN3O2. The van der Waals surface area contributed by atoms with Gasteiger partial charge >= 0.3 is 6.03 Å². The van der Waals surface area contributed by atoms with Gasteiger partial charge in [0.2, 0.25) is 0 Å². The lowest BCUT2D eigenvalue weighted by atomic mass is 9.88. The standard InChI is InChI=1S/C14H15ClFN3O2/c15-10-1-2-11(16)9(7-10)8-19-12(20)14(18-13(19)21)3-5-17-6-4-14/h1-2,7,17H,3-6,8H2,(H,18,21). The zero-order valence-electron chi connectivity index (χ0n) is 11.3. The summed E-state index contributed by atoms with van der Waals surface area (Å²) in [5.74, 6) is -0.764. The molecule has 0 saturated carbocycles. The number of nitrogens with zero attached hydrogens (tertiary/aromatic N) is 1. The molecule has 2 fully saturated rings. The quantitative estimate of drug-likeness (QED) is 0.817. The predicted octanol–water partition coefficient (Wildman–Crippen LogP) is 1.65. The minimum atomic E-state index is -0.836. The van der Waals surface area contributed by atoms with Crippen molar-refractivity contribution in [2.24, 2.45) is 0 Å². The topological polar surface area (TPSA) is 61.4 Å². The van der Waals surface area contributed by atoms with Gasteiger partial charge in [-0.3, -0.25) is 9.69 Å². The van der Waals surface area contributed by atoms with Crippen molar-refractivity contribution in [2.75, 3.05) is 13.1 Å². The number of nitrogens with one attached hydrogen (secondary N) is 2. The number of hydrogen-bond acceptors (Lipinski definition) is 3. The zero-order chi connectivity index (χ0) is 15.0. The molecule has 0 atom stereocenters. The first-order valence-electron chi connectivity index (χ1n) is 6.81. The fourth-order valence-corrected chi connectivity index (χ4v) is 3.04. The molecule has 21 heavy (non-hydrogen) atoms. The van der Waals surface area contributed by atoms with Gasteiger partial charge in [0.25, 0.3) is 5.91 Å². The Kier molecular flexibility index (Phi) is 3.59. The van der Waals surface area contributed by atoms with Gasteiger partial charge < -0.3 is 10.6 Å². The van der Waals surface area contributed by atoms with Crippen LogP contribution in [0.1, 0.15) is 18.4 Å². The van der Waals surface area contributed by atoms with E-state index in [-0.39, 0.29) is 18.0 Å². The van der Waals surface area contributed by atoms with Crippen LogP contribution in [0, 0.1) is 5.82 Å². The second kappa shape index (κ2) is 5.27. The molecule has 0 aromatic heterocycles. The van der Waals surface area contributed by atoms with Gasteiger partial charge in [0, 0.05) is 10.6 Å². The van der Waals surface area contributed by atoms with Gasteiger partial charge in [-0.05, 0) is 44.1 Å². The van der Waals surface area contributed by atoms with Gasteiger partial charge in [-0.15, -0.1) is 0 Å². The SMILES string of the molecule is O=C1NC2(CCNCC2)C(=O)N1Cc1cc(Cl)ccc1F. The summed E-state index contributed by atoms with van der Waals surface area (Å²) in [4.78, 5) is 25.7. The summed E-state index contributed by atoms with van der Waals surface area (Å²) in [5.41, 5.74) is -0.603. The van der Waals surface area contributed by atoms with E-state index < -0.39 is 17.4 Å². The molecule has 3 amide bonds. The van der Waals surface area contributed by atoms with E-state index in [0.29, 0.717) is 31.0 Å². The summed E-state index contributed by atoms with van der Waals surface area (Å²) < 4.78 is 13.8. The van der Waals surface area contributed by atoms with Crippen LogP contribution >= 0.6 is 11.6 Å². The molecule has 3 rings (SSSR count). The molecule has 5 nitrogen and oxygen atoms in total. The largest absolute Gasteiger partial charge is 0.325 e. The number of carbonyl (C=O) groups is 2. The van der Waals surface area contributed by atoms with Gasteiger partial charge in [-0.25, -0.2) is 9.18 Å². The molecule has 1 spiro atoms. The highest BCUT2D eigenvalue weighted by molar-refractivity contribution is 6.30. The number of piperidine rings is 1. The van der Waals surface area contributed by atoms with Crippen LogP contribution in [-0.4, -0.2) is 35.5 Å². The van der Waals surface area contributed by atoms with E-state index in [1.165, 1.54) is 18.2 Å². The van der Waals surface area contributed by atoms with Crippen molar-refractivity contribution in [1.29, 1.82) is 0 Å². The van der Waals surface area contributed by atoms with E-state index in [2.05, 4.69) is 10.6 Å². The fraction of sp³-hybridized carbons (Fsp3) is 0.429. The Hall–Kier alpha value is -1.66. The van der Waals surface area contributed by atoms with Crippen LogP contribution < -0.4 is 10.6 Å². The van der Waals surface area contributed by atoms with Gasteiger partial charge in [0.1, 0.15) is 11.4 Å². The zero-order valence-corrected chi connectivity index (χ0v) is 12.0. The highest BCUT2D eigenvalue weighted by Crippen LogP contribution is 2.28. The third-order valence-electron chi connectivity index (χ3n) is 4.04. The van der Waals surface area contributed by atoms with Gasteiger partial charge in [-0.2, -0.15) is 0 Å². The van der Waals surface area contributed by atoms with Crippen LogP contribution in [-0.2, 0) is 11.3 Å². The number of amides is 3. The first-order chi connectivity index (χ1) is 10.0. The lowest BCUT2D eigenvalue weighted by molar-refractivity contribution is -0.132. The van der Waals surface area contributed by atoms with Crippen LogP contribution in [0.4, 0.5) is 9.18 Å². The van der Waals surface area contributed by atoms with E-state index >= 15 is 0 Å². The average Bonchev–Trinajstić information content (AvgIpc) is 2.68. The Bertz CT molecular complexity index is 602. The van der Waals surface area contributed by atoms with Crippen LogP contribution in [0.15, 0.2) is 18.2 Å². The normalized spacial score (nSPS) is 21.0. The van der Waals surface area contributed by atoms with Crippen LogP contribution in [0.3, 0.4) is 0 Å². The lowest BCUT2D eigenvalue weighted by Gasteiger charge is -2.31. The summed E-state index contributed by atoms with van der Waals surface area (Å²) in [6.45, 7) is 1.24. The van der Waals surface area contributed by atoms with Crippen molar-refractivity contribution in [2.45, 2.75) is 24.9 Å². The number of imide groups is 1. The number of hydrogen-bond donors (Lipinski definition) is 2. The number of rotatable bonds is 2. The van der Waals surface area contributed by atoms with Crippen molar-refractivity contribution >= 4 is 23.5 Å². The summed E-state index contributed by atoms with van der Waals surface area (Å²) in [7, 11) is 0.